The number of ether oxygens (including phenoxy) is 2. The van der Waals surface area contributed by atoms with Crippen LogP contribution in [0, 0.1) is 5.41 Å². The normalized spacial score (nSPS) is 29.0. The zero-order valence-corrected chi connectivity index (χ0v) is 14.5. The number of esters is 2. The maximum absolute atomic E-state index is 13.0. The minimum absolute atomic E-state index is 0.143. The van der Waals surface area contributed by atoms with E-state index in [9.17, 15) is 19.2 Å². The molecule has 2 aliphatic rings. The molecular formula is C19H22O6. The Labute approximate surface area is 146 Å². The second-order valence-electron chi connectivity index (χ2n) is 6.49. The first-order valence-electron chi connectivity index (χ1n) is 8.22. The molecule has 2 rings (SSSR count). The van der Waals surface area contributed by atoms with E-state index >= 15 is 0 Å². The van der Waals surface area contributed by atoms with Crippen molar-refractivity contribution in [2.45, 2.75) is 45.1 Å². The van der Waals surface area contributed by atoms with E-state index in [1.165, 1.54) is 19.9 Å². The first kappa shape index (κ1) is 18.8. The van der Waals surface area contributed by atoms with E-state index < -0.39 is 28.7 Å². The van der Waals surface area contributed by atoms with Gasteiger partial charge in [0.2, 0.25) is 5.78 Å². The lowest BCUT2D eigenvalue weighted by Gasteiger charge is -2.40. The van der Waals surface area contributed by atoms with E-state index in [4.69, 9.17) is 9.47 Å². The van der Waals surface area contributed by atoms with Crippen LogP contribution in [0.1, 0.15) is 39.5 Å². The third-order valence-electron chi connectivity index (χ3n) is 4.66. The van der Waals surface area contributed by atoms with Crippen molar-refractivity contribution in [3.05, 3.63) is 36.5 Å². The van der Waals surface area contributed by atoms with Gasteiger partial charge in [0, 0.05) is 25.0 Å². The molecule has 2 aliphatic carbocycles. The van der Waals surface area contributed by atoms with E-state index in [0.29, 0.717) is 12.8 Å². The summed E-state index contributed by atoms with van der Waals surface area (Å²) in [6, 6.07) is 0. The van der Waals surface area contributed by atoms with Crippen molar-refractivity contribution in [1.29, 1.82) is 0 Å². The molecule has 2 atom stereocenters. The Morgan fingerprint density at radius 1 is 1.32 bits per heavy atom. The molecule has 0 aliphatic heterocycles. The van der Waals surface area contributed by atoms with Gasteiger partial charge in [-0.15, -0.1) is 0 Å². The van der Waals surface area contributed by atoms with Gasteiger partial charge < -0.3 is 9.47 Å². The molecule has 0 N–H and O–H groups in total. The van der Waals surface area contributed by atoms with Crippen LogP contribution >= 0.6 is 0 Å². The minimum Gasteiger partial charge on any atom is -0.461 e. The summed E-state index contributed by atoms with van der Waals surface area (Å²) in [4.78, 5) is 48.7. The van der Waals surface area contributed by atoms with E-state index in [-0.39, 0.29) is 18.0 Å². The highest BCUT2D eigenvalue weighted by molar-refractivity contribution is 6.11. The van der Waals surface area contributed by atoms with Crippen molar-refractivity contribution in [3.63, 3.8) is 0 Å². The molecule has 0 spiro atoms. The molecule has 0 aromatic carbocycles. The summed E-state index contributed by atoms with van der Waals surface area (Å²) in [5, 5.41) is 0. The molecule has 0 bridgehead atoms. The van der Waals surface area contributed by atoms with E-state index in [2.05, 4.69) is 6.58 Å². The Morgan fingerprint density at radius 3 is 2.64 bits per heavy atom. The molecule has 0 aromatic heterocycles. The molecule has 1 fully saturated rings. The first-order chi connectivity index (χ1) is 11.7. The van der Waals surface area contributed by atoms with Crippen LogP contribution in [-0.2, 0) is 28.7 Å². The van der Waals surface area contributed by atoms with Crippen LogP contribution in [-0.4, -0.2) is 35.7 Å². The van der Waals surface area contributed by atoms with Gasteiger partial charge in [0.05, 0.1) is 5.41 Å². The first-order valence-corrected chi connectivity index (χ1v) is 8.22. The summed E-state index contributed by atoms with van der Waals surface area (Å²) >= 11 is 0. The van der Waals surface area contributed by atoms with E-state index in [1.807, 2.05) is 0 Å². The van der Waals surface area contributed by atoms with Gasteiger partial charge in [-0.3, -0.25) is 14.4 Å². The molecule has 25 heavy (non-hydrogen) atoms. The van der Waals surface area contributed by atoms with Gasteiger partial charge in [0.1, 0.15) is 12.4 Å². The average molecular weight is 346 g/mol. The van der Waals surface area contributed by atoms with Crippen molar-refractivity contribution in [2.75, 3.05) is 6.61 Å². The van der Waals surface area contributed by atoms with Crippen molar-refractivity contribution < 1.29 is 28.7 Å². The predicted molar refractivity (Wildman–Crippen MR) is 89.5 cm³/mol. The number of carbonyl (C=O) groups excluding carboxylic acids is 4. The number of Topliss-reactive ketones (excluding diaryl/α,β-unsaturated/α-hetero) is 2. The molecule has 0 amide bonds. The fourth-order valence-corrected chi connectivity index (χ4v) is 3.36. The van der Waals surface area contributed by atoms with Gasteiger partial charge in [-0.2, -0.15) is 0 Å². The fourth-order valence-electron chi connectivity index (χ4n) is 3.36. The topological polar surface area (TPSA) is 86.7 Å². The predicted octanol–water partition coefficient (Wildman–Crippen LogP) is 2.23. The smallest absolute Gasteiger partial charge is 0.330 e. The summed E-state index contributed by atoms with van der Waals surface area (Å²) in [6.07, 6.45) is 7.82. The zero-order valence-electron chi connectivity index (χ0n) is 14.5. The van der Waals surface area contributed by atoms with Crippen molar-refractivity contribution >= 4 is 23.5 Å². The van der Waals surface area contributed by atoms with Gasteiger partial charge >= 0.3 is 11.9 Å². The van der Waals surface area contributed by atoms with Crippen LogP contribution in [0.5, 0.6) is 0 Å². The summed E-state index contributed by atoms with van der Waals surface area (Å²) in [6.45, 7) is 5.82. The number of hydrogen-bond acceptors (Lipinski definition) is 6. The standard InChI is InChI=1S/C19H22O6/c1-4-16(22)24-12-19(11-6-5-9-15(19)21)14-8-7-10-18(3,17(14)23)25-13(2)20/h4,7-8,10H,1,5-6,9,11-12H2,2-3H3/t18-,19+/m0/s1. The minimum atomic E-state index is -1.47. The summed E-state index contributed by atoms with van der Waals surface area (Å²) in [5.41, 5.74) is -2.45. The van der Waals surface area contributed by atoms with Gasteiger partial charge in [0.25, 0.3) is 0 Å². The second-order valence-corrected chi connectivity index (χ2v) is 6.49. The molecule has 0 saturated heterocycles. The molecule has 1 saturated carbocycles. The number of allylic oxidation sites excluding steroid dienone is 2. The molecule has 0 heterocycles. The third kappa shape index (κ3) is 3.62. The van der Waals surface area contributed by atoms with Crippen molar-refractivity contribution in [2.24, 2.45) is 5.41 Å². The Bertz CT molecular complexity index is 686. The quantitative estimate of drug-likeness (QED) is 0.560. The molecule has 134 valence electrons. The summed E-state index contributed by atoms with van der Waals surface area (Å²) in [5.74, 6) is -1.85. The third-order valence-corrected chi connectivity index (χ3v) is 4.66. The number of hydrogen-bond donors (Lipinski definition) is 0. The largest absolute Gasteiger partial charge is 0.461 e. The van der Waals surface area contributed by atoms with Gasteiger partial charge in [-0.1, -0.05) is 25.2 Å². The Balaban J connectivity index is 2.41. The average Bonchev–Trinajstić information content (AvgIpc) is 2.56. The zero-order chi connectivity index (χ0) is 18.7. The van der Waals surface area contributed by atoms with Crippen LogP contribution in [0.15, 0.2) is 36.5 Å². The van der Waals surface area contributed by atoms with Gasteiger partial charge in [0.15, 0.2) is 5.60 Å². The lowest BCUT2D eigenvalue weighted by molar-refractivity contribution is -0.158. The molecule has 6 heteroatoms. The summed E-state index contributed by atoms with van der Waals surface area (Å²) < 4.78 is 10.3. The van der Waals surface area contributed by atoms with E-state index in [1.54, 1.807) is 12.2 Å². The highest BCUT2D eigenvalue weighted by Crippen LogP contribution is 2.44. The highest BCUT2D eigenvalue weighted by atomic mass is 16.6. The fraction of sp³-hybridized carbons (Fsp3) is 0.474. The van der Waals surface area contributed by atoms with Crippen molar-refractivity contribution in [1.82, 2.24) is 0 Å². The van der Waals surface area contributed by atoms with Crippen LogP contribution in [0.2, 0.25) is 0 Å². The maximum atomic E-state index is 13.0. The molecule has 0 unspecified atom stereocenters. The Hall–Kier alpha value is -2.50. The van der Waals surface area contributed by atoms with Crippen LogP contribution in [0.4, 0.5) is 0 Å². The van der Waals surface area contributed by atoms with Crippen LogP contribution < -0.4 is 0 Å². The molecule has 6 nitrogen and oxygen atoms in total. The van der Waals surface area contributed by atoms with Crippen molar-refractivity contribution in [3.8, 4) is 0 Å². The second kappa shape index (κ2) is 7.17. The number of rotatable bonds is 5. The van der Waals surface area contributed by atoms with Crippen LogP contribution in [0.3, 0.4) is 0 Å². The van der Waals surface area contributed by atoms with E-state index in [0.717, 1.165) is 18.9 Å². The van der Waals surface area contributed by atoms with Crippen LogP contribution in [0.25, 0.3) is 0 Å². The number of ketones is 2. The lowest BCUT2D eigenvalue weighted by Crippen LogP contribution is -2.49. The van der Waals surface area contributed by atoms with Gasteiger partial charge in [-0.05, 0) is 25.8 Å². The Morgan fingerprint density at radius 2 is 2.04 bits per heavy atom. The molecular weight excluding hydrogens is 324 g/mol. The molecule has 0 aromatic rings. The lowest BCUT2D eigenvalue weighted by atomic mass is 9.64. The monoisotopic (exact) mass is 346 g/mol. The SMILES string of the molecule is C=CC(=O)OC[C@@]1(C2=CC=C[C@](C)(OC(C)=O)C2=O)CCCCC1=O. The Kier molecular flexibility index (Phi) is 5.40. The highest BCUT2D eigenvalue weighted by Gasteiger charge is 2.51. The maximum Gasteiger partial charge on any atom is 0.330 e. The summed E-state index contributed by atoms with van der Waals surface area (Å²) in [7, 11) is 0. The van der Waals surface area contributed by atoms with Gasteiger partial charge in [-0.25, -0.2) is 4.79 Å². The number of carbonyl (C=O) groups is 4. The molecule has 0 radical (unpaired) electrons.